The van der Waals surface area contributed by atoms with Crippen LogP contribution in [0.5, 0.6) is 5.75 Å². The summed E-state index contributed by atoms with van der Waals surface area (Å²) < 4.78 is 58.1. The van der Waals surface area contributed by atoms with Crippen LogP contribution in [0, 0.1) is 11.6 Å². The molecule has 1 fully saturated rings. The molecule has 150 valence electrons. The molecule has 0 radical (unpaired) electrons. The molecule has 1 aliphatic heterocycles. The van der Waals surface area contributed by atoms with Crippen molar-refractivity contribution in [3.05, 3.63) is 59.1 Å². The van der Waals surface area contributed by atoms with Crippen LogP contribution in [0.25, 0.3) is 0 Å². The zero-order chi connectivity index (χ0) is 20.3. The van der Waals surface area contributed by atoms with E-state index in [1.165, 1.54) is 21.3 Å². The lowest BCUT2D eigenvalue weighted by Crippen LogP contribution is -2.51. The molecule has 1 saturated heterocycles. The van der Waals surface area contributed by atoms with Gasteiger partial charge in [0.25, 0.3) is 5.91 Å². The Morgan fingerprint density at radius 3 is 2.43 bits per heavy atom. The van der Waals surface area contributed by atoms with E-state index in [1.54, 1.807) is 12.1 Å². The van der Waals surface area contributed by atoms with Crippen LogP contribution >= 0.6 is 11.6 Å². The fourth-order valence-corrected chi connectivity index (χ4v) is 4.50. The van der Waals surface area contributed by atoms with E-state index in [0.717, 1.165) is 12.1 Å². The molecule has 0 spiro atoms. The fourth-order valence-electron chi connectivity index (χ4n) is 2.78. The Morgan fingerprint density at radius 2 is 1.79 bits per heavy atom. The summed E-state index contributed by atoms with van der Waals surface area (Å²) in [7, 11) is -3.70. The van der Waals surface area contributed by atoms with Crippen LogP contribution in [-0.2, 0) is 14.8 Å². The van der Waals surface area contributed by atoms with Crippen LogP contribution in [0.15, 0.2) is 47.4 Å². The number of carbonyl (C=O) groups is 1. The van der Waals surface area contributed by atoms with Crippen molar-refractivity contribution < 1.29 is 26.7 Å². The molecule has 0 atom stereocenters. The second-order valence-electron chi connectivity index (χ2n) is 6.11. The minimum absolute atomic E-state index is 0.0925. The maximum Gasteiger partial charge on any atom is 0.260 e. The zero-order valence-electron chi connectivity index (χ0n) is 14.6. The van der Waals surface area contributed by atoms with E-state index in [4.69, 9.17) is 16.3 Å². The molecule has 0 aromatic heterocycles. The molecule has 0 saturated carbocycles. The molecular formula is C18H17ClF2N2O4S. The number of benzene rings is 2. The summed E-state index contributed by atoms with van der Waals surface area (Å²) in [5.74, 6) is -2.28. The molecule has 6 nitrogen and oxygen atoms in total. The Bertz CT molecular complexity index is 979. The normalized spacial score (nSPS) is 15.5. The van der Waals surface area contributed by atoms with Crippen LogP contribution in [0.4, 0.5) is 8.78 Å². The van der Waals surface area contributed by atoms with Gasteiger partial charge in [-0.05, 0) is 30.3 Å². The minimum atomic E-state index is -3.70. The highest BCUT2D eigenvalue weighted by molar-refractivity contribution is 7.89. The lowest BCUT2D eigenvalue weighted by atomic mass is 10.3. The molecule has 2 aromatic rings. The fraction of sp³-hybridized carbons (Fsp3) is 0.278. The van der Waals surface area contributed by atoms with Crippen molar-refractivity contribution in [3.63, 3.8) is 0 Å². The largest absolute Gasteiger partial charge is 0.481 e. The number of hydrogen-bond donors (Lipinski definition) is 0. The average molecular weight is 431 g/mol. The number of sulfonamides is 1. The monoisotopic (exact) mass is 430 g/mol. The third-order valence-electron chi connectivity index (χ3n) is 4.27. The molecule has 0 bridgehead atoms. The van der Waals surface area contributed by atoms with Gasteiger partial charge in [-0.25, -0.2) is 17.2 Å². The van der Waals surface area contributed by atoms with Crippen molar-refractivity contribution >= 4 is 27.5 Å². The van der Waals surface area contributed by atoms with Crippen LogP contribution in [-0.4, -0.2) is 56.3 Å². The third-order valence-corrected chi connectivity index (χ3v) is 6.40. The van der Waals surface area contributed by atoms with Crippen LogP contribution in [0.2, 0.25) is 5.02 Å². The molecule has 1 heterocycles. The van der Waals surface area contributed by atoms with E-state index in [1.807, 2.05) is 0 Å². The van der Waals surface area contributed by atoms with Gasteiger partial charge in [-0.1, -0.05) is 17.7 Å². The Kier molecular flexibility index (Phi) is 6.17. The van der Waals surface area contributed by atoms with Gasteiger partial charge in [0.05, 0.1) is 4.90 Å². The first kappa shape index (κ1) is 20.5. The highest BCUT2D eigenvalue weighted by Crippen LogP contribution is 2.21. The third kappa shape index (κ3) is 4.60. The lowest BCUT2D eigenvalue weighted by Gasteiger charge is -2.34. The number of piperazine rings is 1. The summed E-state index contributed by atoms with van der Waals surface area (Å²) in [4.78, 5) is 13.8. The Labute approximate surface area is 166 Å². The van der Waals surface area contributed by atoms with E-state index in [2.05, 4.69) is 0 Å². The number of nitrogens with zero attached hydrogens (tertiary/aromatic N) is 2. The Morgan fingerprint density at radius 1 is 1.07 bits per heavy atom. The first-order valence-corrected chi connectivity index (χ1v) is 10.2. The number of ether oxygens (including phenoxy) is 1. The summed E-state index contributed by atoms with van der Waals surface area (Å²) >= 11 is 5.86. The number of halogens is 3. The number of hydrogen-bond acceptors (Lipinski definition) is 4. The highest BCUT2D eigenvalue weighted by Gasteiger charge is 2.30. The van der Waals surface area contributed by atoms with Crippen molar-refractivity contribution in [2.45, 2.75) is 4.90 Å². The van der Waals surface area contributed by atoms with E-state index in [0.29, 0.717) is 11.1 Å². The predicted molar refractivity (Wildman–Crippen MR) is 98.6 cm³/mol. The van der Waals surface area contributed by atoms with Crippen molar-refractivity contribution in [1.29, 1.82) is 0 Å². The Balaban J connectivity index is 1.56. The summed E-state index contributed by atoms with van der Waals surface area (Å²) in [6.45, 7) is 0.155. The predicted octanol–water partition coefficient (Wildman–Crippen LogP) is 2.53. The summed E-state index contributed by atoms with van der Waals surface area (Å²) in [5.41, 5.74) is 0. The van der Waals surface area contributed by atoms with Gasteiger partial charge in [-0.3, -0.25) is 4.79 Å². The van der Waals surface area contributed by atoms with Crippen molar-refractivity contribution in [1.82, 2.24) is 9.21 Å². The van der Waals surface area contributed by atoms with Gasteiger partial charge in [-0.15, -0.1) is 0 Å². The highest BCUT2D eigenvalue weighted by atomic mass is 35.5. The second-order valence-corrected chi connectivity index (χ2v) is 8.48. The summed E-state index contributed by atoms with van der Waals surface area (Å²) in [5, 5.41) is 0.320. The number of rotatable bonds is 5. The smallest absolute Gasteiger partial charge is 0.260 e. The second kappa shape index (κ2) is 8.42. The molecular weight excluding hydrogens is 414 g/mol. The van der Waals surface area contributed by atoms with Crippen LogP contribution in [0.3, 0.4) is 0 Å². The van der Waals surface area contributed by atoms with Crippen molar-refractivity contribution in [3.8, 4) is 5.75 Å². The molecule has 2 aromatic carbocycles. The molecule has 0 aliphatic carbocycles. The summed E-state index contributed by atoms with van der Waals surface area (Å²) in [6.07, 6.45) is 0. The topological polar surface area (TPSA) is 66.9 Å². The lowest BCUT2D eigenvalue weighted by molar-refractivity contribution is -0.134. The molecule has 0 N–H and O–H groups in total. The summed E-state index contributed by atoms with van der Waals surface area (Å²) in [6, 6.07) is 8.78. The van der Waals surface area contributed by atoms with Crippen LogP contribution in [0.1, 0.15) is 0 Å². The van der Waals surface area contributed by atoms with Gasteiger partial charge in [0.1, 0.15) is 5.82 Å². The number of carbonyl (C=O) groups excluding carboxylic acids is 1. The molecule has 28 heavy (non-hydrogen) atoms. The standard InChI is InChI=1S/C18H17ClF2N2O4S/c19-13-2-1-3-15(10-13)28(25,26)23-8-6-22(7-9-23)18(24)12-27-17-5-4-14(20)11-16(17)21/h1-5,10-11H,6-9,12H2. The van der Waals surface area contributed by atoms with Crippen LogP contribution < -0.4 is 4.74 Å². The van der Waals surface area contributed by atoms with Gasteiger partial charge >= 0.3 is 0 Å². The molecule has 3 rings (SSSR count). The van der Waals surface area contributed by atoms with E-state index in [9.17, 15) is 22.0 Å². The molecule has 1 amide bonds. The maximum atomic E-state index is 13.5. The quantitative estimate of drug-likeness (QED) is 0.731. The van der Waals surface area contributed by atoms with Gasteiger partial charge in [0.15, 0.2) is 18.2 Å². The van der Waals surface area contributed by atoms with Gasteiger partial charge < -0.3 is 9.64 Å². The minimum Gasteiger partial charge on any atom is -0.481 e. The average Bonchev–Trinajstić information content (AvgIpc) is 2.67. The van der Waals surface area contributed by atoms with Gasteiger partial charge in [-0.2, -0.15) is 4.31 Å². The van der Waals surface area contributed by atoms with E-state index >= 15 is 0 Å². The molecule has 10 heteroatoms. The van der Waals surface area contributed by atoms with Crippen molar-refractivity contribution in [2.24, 2.45) is 0 Å². The zero-order valence-corrected chi connectivity index (χ0v) is 16.2. The van der Waals surface area contributed by atoms with E-state index < -0.39 is 34.2 Å². The number of amides is 1. The van der Waals surface area contributed by atoms with Crippen molar-refractivity contribution in [2.75, 3.05) is 32.8 Å². The maximum absolute atomic E-state index is 13.5. The van der Waals surface area contributed by atoms with Gasteiger partial charge in [0, 0.05) is 37.3 Å². The molecule has 0 unspecified atom stereocenters. The Hall–Kier alpha value is -2.23. The molecule has 1 aliphatic rings. The first-order valence-electron chi connectivity index (χ1n) is 8.39. The van der Waals surface area contributed by atoms with Gasteiger partial charge in [0.2, 0.25) is 10.0 Å². The van der Waals surface area contributed by atoms with E-state index in [-0.39, 0.29) is 36.8 Å². The first-order chi connectivity index (χ1) is 13.3. The SMILES string of the molecule is O=C(COc1ccc(F)cc1F)N1CCN(S(=O)(=O)c2cccc(Cl)c2)CC1.